The fraction of sp³-hybridized carbons (Fsp3) is 0.238. The number of rotatable bonds is 7. The molecule has 0 bridgehead atoms. The average molecular weight is 367 g/mol. The van der Waals surface area contributed by atoms with Crippen LogP contribution in [0.15, 0.2) is 63.8 Å². The van der Waals surface area contributed by atoms with E-state index < -0.39 is 5.63 Å². The number of nitrogens with one attached hydrogen (secondary N) is 1. The lowest BCUT2D eigenvalue weighted by Crippen LogP contribution is -2.31. The standard InChI is InChI=1S/C21H21NO5/c1-3-25-17-8-4-15(5-9-17)14(2)22-20(23)13-26-18-10-6-16-7-11-21(24)27-19(16)12-18/h4-12,14H,3,13H2,1-2H3,(H,22,23). The van der Waals surface area contributed by atoms with Crippen LogP contribution in [0, 0.1) is 0 Å². The predicted molar refractivity (Wildman–Crippen MR) is 102 cm³/mol. The normalized spacial score (nSPS) is 11.8. The lowest BCUT2D eigenvalue weighted by molar-refractivity contribution is -0.123. The highest BCUT2D eigenvalue weighted by molar-refractivity contribution is 5.79. The Kier molecular flexibility index (Phi) is 5.76. The minimum atomic E-state index is -0.429. The molecule has 6 nitrogen and oxygen atoms in total. The molecule has 0 saturated carbocycles. The molecule has 27 heavy (non-hydrogen) atoms. The minimum Gasteiger partial charge on any atom is -0.494 e. The van der Waals surface area contributed by atoms with Crippen molar-refractivity contribution in [3.8, 4) is 11.5 Å². The molecule has 0 aliphatic heterocycles. The van der Waals surface area contributed by atoms with E-state index in [0.717, 1.165) is 16.7 Å². The molecule has 140 valence electrons. The molecule has 1 unspecified atom stereocenters. The SMILES string of the molecule is CCOc1ccc(C(C)NC(=O)COc2ccc3ccc(=O)oc3c2)cc1. The molecule has 1 aromatic heterocycles. The second-order valence-electron chi connectivity index (χ2n) is 6.03. The Morgan fingerprint density at radius 1 is 1.04 bits per heavy atom. The van der Waals surface area contributed by atoms with E-state index in [9.17, 15) is 9.59 Å². The minimum absolute atomic E-state index is 0.135. The summed E-state index contributed by atoms with van der Waals surface area (Å²) < 4.78 is 16.0. The Bertz CT molecular complexity index is 978. The van der Waals surface area contributed by atoms with Gasteiger partial charge in [0.05, 0.1) is 12.6 Å². The predicted octanol–water partition coefficient (Wildman–Crippen LogP) is 3.45. The van der Waals surface area contributed by atoms with Gasteiger partial charge in [0.2, 0.25) is 0 Å². The zero-order valence-corrected chi connectivity index (χ0v) is 15.2. The molecule has 0 aliphatic rings. The van der Waals surface area contributed by atoms with Crippen molar-refractivity contribution in [1.29, 1.82) is 0 Å². The molecule has 0 spiro atoms. The molecule has 6 heteroatoms. The molecule has 0 fully saturated rings. The van der Waals surface area contributed by atoms with Gasteiger partial charge in [-0.1, -0.05) is 12.1 Å². The molecule has 0 radical (unpaired) electrons. The maximum atomic E-state index is 12.2. The van der Waals surface area contributed by atoms with Crippen LogP contribution in [0.4, 0.5) is 0 Å². The van der Waals surface area contributed by atoms with E-state index in [1.807, 2.05) is 38.1 Å². The Morgan fingerprint density at radius 2 is 1.74 bits per heavy atom. The molecule has 1 heterocycles. The third-order valence-corrected chi connectivity index (χ3v) is 4.03. The molecule has 1 amide bonds. The second-order valence-corrected chi connectivity index (χ2v) is 6.03. The van der Waals surface area contributed by atoms with E-state index in [2.05, 4.69) is 5.32 Å². The molecular formula is C21H21NO5. The fourth-order valence-electron chi connectivity index (χ4n) is 2.67. The zero-order chi connectivity index (χ0) is 19.2. The van der Waals surface area contributed by atoms with Gasteiger partial charge in [0.25, 0.3) is 5.91 Å². The van der Waals surface area contributed by atoms with Crippen molar-refractivity contribution < 1.29 is 18.7 Å². The monoisotopic (exact) mass is 367 g/mol. The summed E-state index contributed by atoms with van der Waals surface area (Å²) in [5.74, 6) is 1.01. The van der Waals surface area contributed by atoms with Crippen LogP contribution >= 0.6 is 0 Å². The summed E-state index contributed by atoms with van der Waals surface area (Å²) in [4.78, 5) is 23.4. The highest BCUT2D eigenvalue weighted by atomic mass is 16.5. The van der Waals surface area contributed by atoms with E-state index in [1.165, 1.54) is 6.07 Å². The van der Waals surface area contributed by atoms with Gasteiger partial charge < -0.3 is 19.2 Å². The summed E-state index contributed by atoms with van der Waals surface area (Å²) in [6.07, 6.45) is 0. The van der Waals surface area contributed by atoms with Crippen molar-refractivity contribution in [2.75, 3.05) is 13.2 Å². The third kappa shape index (κ3) is 4.88. The van der Waals surface area contributed by atoms with Crippen molar-refractivity contribution in [1.82, 2.24) is 5.32 Å². The quantitative estimate of drug-likeness (QED) is 0.647. The summed E-state index contributed by atoms with van der Waals surface area (Å²) in [6.45, 7) is 4.31. The fourth-order valence-corrected chi connectivity index (χ4v) is 2.67. The van der Waals surface area contributed by atoms with E-state index in [1.54, 1.807) is 24.3 Å². The van der Waals surface area contributed by atoms with Gasteiger partial charge in [-0.2, -0.15) is 0 Å². The van der Waals surface area contributed by atoms with Gasteiger partial charge in [-0.3, -0.25) is 4.79 Å². The van der Waals surface area contributed by atoms with Crippen LogP contribution in [-0.2, 0) is 4.79 Å². The van der Waals surface area contributed by atoms with Crippen molar-refractivity contribution >= 4 is 16.9 Å². The van der Waals surface area contributed by atoms with E-state index >= 15 is 0 Å². The van der Waals surface area contributed by atoms with Crippen LogP contribution in [0.2, 0.25) is 0 Å². The summed E-state index contributed by atoms with van der Waals surface area (Å²) in [5, 5.41) is 3.67. The smallest absolute Gasteiger partial charge is 0.336 e. The summed E-state index contributed by atoms with van der Waals surface area (Å²) in [7, 11) is 0. The summed E-state index contributed by atoms with van der Waals surface area (Å²) in [5.41, 5.74) is 0.962. The van der Waals surface area contributed by atoms with E-state index in [-0.39, 0.29) is 18.6 Å². The average Bonchev–Trinajstić information content (AvgIpc) is 2.66. The van der Waals surface area contributed by atoms with Gasteiger partial charge >= 0.3 is 5.63 Å². The van der Waals surface area contributed by atoms with Crippen LogP contribution in [-0.4, -0.2) is 19.1 Å². The third-order valence-electron chi connectivity index (χ3n) is 4.03. The number of ether oxygens (including phenoxy) is 2. The number of carbonyl (C=O) groups is 1. The topological polar surface area (TPSA) is 77.8 Å². The van der Waals surface area contributed by atoms with E-state index in [0.29, 0.717) is 17.9 Å². The van der Waals surface area contributed by atoms with Crippen molar-refractivity contribution in [3.05, 3.63) is 70.6 Å². The number of benzene rings is 2. The number of carbonyl (C=O) groups excluding carboxylic acids is 1. The van der Waals surface area contributed by atoms with Crippen LogP contribution < -0.4 is 20.4 Å². The van der Waals surface area contributed by atoms with Gasteiger partial charge in [0.15, 0.2) is 6.61 Å². The Balaban J connectivity index is 1.56. The molecule has 0 aliphatic carbocycles. The van der Waals surface area contributed by atoms with Crippen LogP contribution in [0.3, 0.4) is 0 Å². The maximum absolute atomic E-state index is 12.2. The molecule has 3 rings (SSSR count). The zero-order valence-electron chi connectivity index (χ0n) is 15.2. The van der Waals surface area contributed by atoms with Gasteiger partial charge in [0.1, 0.15) is 17.1 Å². The number of amides is 1. The van der Waals surface area contributed by atoms with Crippen LogP contribution in [0.1, 0.15) is 25.5 Å². The summed E-state index contributed by atoms with van der Waals surface area (Å²) in [6, 6.07) is 15.6. The lowest BCUT2D eigenvalue weighted by atomic mass is 10.1. The van der Waals surface area contributed by atoms with Crippen LogP contribution in [0.5, 0.6) is 11.5 Å². The first-order chi connectivity index (χ1) is 13.0. The van der Waals surface area contributed by atoms with Crippen molar-refractivity contribution in [2.24, 2.45) is 0 Å². The Hall–Kier alpha value is -3.28. The Morgan fingerprint density at radius 3 is 2.48 bits per heavy atom. The maximum Gasteiger partial charge on any atom is 0.336 e. The number of hydrogen-bond acceptors (Lipinski definition) is 5. The molecule has 3 aromatic rings. The van der Waals surface area contributed by atoms with Crippen molar-refractivity contribution in [3.63, 3.8) is 0 Å². The summed E-state index contributed by atoms with van der Waals surface area (Å²) >= 11 is 0. The number of hydrogen-bond donors (Lipinski definition) is 1. The molecule has 1 N–H and O–H groups in total. The van der Waals surface area contributed by atoms with Gasteiger partial charge in [0, 0.05) is 17.5 Å². The first-order valence-corrected chi connectivity index (χ1v) is 8.74. The molecule has 0 saturated heterocycles. The highest BCUT2D eigenvalue weighted by Gasteiger charge is 2.11. The van der Waals surface area contributed by atoms with Gasteiger partial charge in [-0.15, -0.1) is 0 Å². The highest BCUT2D eigenvalue weighted by Crippen LogP contribution is 2.20. The van der Waals surface area contributed by atoms with E-state index in [4.69, 9.17) is 13.9 Å². The molecular weight excluding hydrogens is 346 g/mol. The van der Waals surface area contributed by atoms with Crippen molar-refractivity contribution in [2.45, 2.75) is 19.9 Å². The Labute approximate surface area is 156 Å². The molecule has 1 atom stereocenters. The largest absolute Gasteiger partial charge is 0.494 e. The lowest BCUT2D eigenvalue weighted by Gasteiger charge is -2.15. The van der Waals surface area contributed by atoms with Gasteiger partial charge in [-0.05, 0) is 49.7 Å². The number of fused-ring (bicyclic) bond motifs is 1. The first kappa shape index (κ1) is 18.5. The van der Waals surface area contributed by atoms with Gasteiger partial charge in [-0.25, -0.2) is 4.79 Å². The van der Waals surface area contributed by atoms with Crippen LogP contribution in [0.25, 0.3) is 11.0 Å². The molecule has 2 aromatic carbocycles. The first-order valence-electron chi connectivity index (χ1n) is 8.74. The second kappa shape index (κ2) is 8.40.